The third-order valence-corrected chi connectivity index (χ3v) is 4.77. The number of rotatable bonds is 2. The Morgan fingerprint density at radius 3 is 2.57 bits per heavy atom. The van der Waals surface area contributed by atoms with E-state index in [0.29, 0.717) is 0 Å². The highest BCUT2D eigenvalue weighted by atomic mass is 35.5. The van der Waals surface area contributed by atoms with Crippen LogP contribution in [-0.4, -0.2) is 5.91 Å². The van der Waals surface area contributed by atoms with E-state index in [1.54, 1.807) is 0 Å². The molecule has 0 aromatic heterocycles. The lowest BCUT2D eigenvalue weighted by molar-refractivity contribution is -0.119. The molecule has 2 nitrogen and oxygen atoms in total. The highest BCUT2D eigenvalue weighted by Gasteiger charge is 2.38. The van der Waals surface area contributed by atoms with Crippen molar-refractivity contribution in [3.63, 3.8) is 0 Å². The molecule has 0 spiro atoms. The summed E-state index contributed by atoms with van der Waals surface area (Å²) >= 11 is 6.66. The summed E-state index contributed by atoms with van der Waals surface area (Å²) in [5, 5.41) is 2.72. The molecular weight excluding hydrogens is 282 g/mol. The molecular formula is C18H18ClNO. The van der Waals surface area contributed by atoms with Crippen LogP contribution in [0.25, 0.3) is 0 Å². The van der Waals surface area contributed by atoms with Crippen molar-refractivity contribution in [3.8, 4) is 0 Å². The Labute approximate surface area is 130 Å². The van der Waals surface area contributed by atoms with Gasteiger partial charge in [0.15, 0.2) is 0 Å². The number of nitrogens with one attached hydrogen (secondary N) is 1. The lowest BCUT2D eigenvalue weighted by atomic mass is 9.84. The fraction of sp³-hybridized carbons (Fsp3) is 0.278. The number of fused-ring (bicyclic) bond motifs is 1. The van der Waals surface area contributed by atoms with Gasteiger partial charge in [0, 0.05) is 5.69 Å². The zero-order chi connectivity index (χ0) is 15.2. The summed E-state index contributed by atoms with van der Waals surface area (Å²) in [6.45, 7) is 5.94. The van der Waals surface area contributed by atoms with Gasteiger partial charge in [-0.15, -0.1) is 11.6 Å². The average molecular weight is 300 g/mol. The second-order valence-electron chi connectivity index (χ2n) is 6.10. The first kappa shape index (κ1) is 14.2. The molecule has 0 bridgehead atoms. The van der Waals surface area contributed by atoms with Gasteiger partial charge in [0.2, 0.25) is 5.91 Å². The van der Waals surface area contributed by atoms with Gasteiger partial charge in [0.05, 0.1) is 10.8 Å². The zero-order valence-electron chi connectivity index (χ0n) is 12.4. The van der Waals surface area contributed by atoms with Crippen LogP contribution in [0.3, 0.4) is 0 Å². The first-order valence-electron chi connectivity index (χ1n) is 7.07. The van der Waals surface area contributed by atoms with Gasteiger partial charge in [-0.05, 0) is 49.1 Å². The van der Waals surface area contributed by atoms with Crippen molar-refractivity contribution in [2.24, 2.45) is 0 Å². The van der Waals surface area contributed by atoms with E-state index in [0.717, 1.165) is 22.4 Å². The number of halogens is 1. The van der Waals surface area contributed by atoms with Gasteiger partial charge in [0.1, 0.15) is 0 Å². The summed E-state index contributed by atoms with van der Waals surface area (Å²) in [4.78, 5) is 12.0. The van der Waals surface area contributed by atoms with Crippen molar-refractivity contribution in [2.75, 3.05) is 5.32 Å². The van der Waals surface area contributed by atoms with Crippen molar-refractivity contribution >= 4 is 23.2 Å². The fourth-order valence-corrected chi connectivity index (χ4v) is 3.18. The molecule has 3 rings (SSSR count). The van der Waals surface area contributed by atoms with Crippen LogP contribution in [0.2, 0.25) is 0 Å². The summed E-state index contributed by atoms with van der Waals surface area (Å²) in [7, 11) is 0. The minimum atomic E-state index is -0.506. The molecule has 21 heavy (non-hydrogen) atoms. The van der Waals surface area contributed by atoms with Gasteiger partial charge in [-0.3, -0.25) is 4.79 Å². The second-order valence-corrected chi connectivity index (χ2v) is 6.54. The Hall–Kier alpha value is -1.80. The standard InChI is InChI=1S/C18H18ClNO/c1-11-6-4-5-7-13(11)16(19)12-8-9-15-14(10-12)18(2,3)17(21)20-15/h4-10,16H,1-3H3,(H,20,21). The molecule has 1 aliphatic heterocycles. The third-order valence-electron chi connectivity index (χ3n) is 4.29. The van der Waals surface area contributed by atoms with Gasteiger partial charge in [0.25, 0.3) is 0 Å². The minimum absolute atomic E-state index is 0.0386. The van der Waals surface area contributed by atoms with Crippen LogP contribution in [0.15, 0.2) is 42.5 Å². The van der Waals surface area contributed by atoms with E-state index in [4.69, 9.17) is 11.6 Å². The molecule has 3 heteroatoms. The maximum Gasteiger partial charge on any atom is 0.234 e. The normalized spacial score (nSPS) is 17.2. The molecule has 0 aliphatic carbocycles. The highest BCUT2D eigenvalue weighted by molar-refractivity contribution is 6.22. The lowest BCUT2D eigenvalue weighted by Crippen LogP contribution is -2.26. The van der Waals surface area contributed by atoms with Crippen LogP contribution < -0.4 is 5.32 Å². The zero-order valence-corrected chi connectivity index (χ0v) is 13.2. The number of amides is 1. The quantitative estimate of drug-likeness (QED) is 0.810. The van der Waals surface area contributed by atoms with Gasteiger partial charge >= 0.3 is 0 Å². The average Bonchev–Trinajstić information content (AvgIpc) is 2.69. The van der Waals surface area contributed by atoms with E-state index in [1.807, 2.05) is 38.1 Å². The molecule has 2 aromatic carbocycles. The Balaban J connectivity index is 2.05. The molecule has 108 valence electrons. The molecule has 1 unspecified atom stereocenters. The van der Waals surface area contributed by atoms with Gasteiger partial charge in [-0.1, -0.05) is 36.4 Å². The van der Waals surface area contributed by atoms with Crippen LogP contribution in [0.1, 0.15) is 41.5 Å². The monoisotopic (exact) mass is 299 g/mol. The summed E-state index contributed by atoms with van der Waals surface area (Å²) in [5.41, 5.74) is 4.70. The summed E-state index contributed by atoms with van der Waals surface area (Å²) < 4.78 is 0. The van der Waals surface area contributed by atoms with Crippen molar-refractivity contribution < 1.29 is 4.79 Å². The van der Waals surface area contributed by atoms with Crippen molar-refractivity contribution in [1.29, 1.82) is 0 Å². The SMILES string of the molecule is Cc1ccccc1C(Cl)c1ccc2c(c1)C(C)(C)C(=O)N2. The first-order valence-corrected chi connectivity index (χ1v) is 7.50. The number of aryl methyl sites for hydroxylation is 1. The maximum absolute atomic E-state index is 12.0. The number of carbonyl (C=O) groups excluding carboxylic acids is 1. The molecule has 1 N–H and O–H groups in total. The van der Waals surface area contributed by atoms with Gasteiger partial charge in [-0.25, -0.2) is 0 Å². The fourth-order valence-electron chi connectivity index (χ4n) is 2.80. The number of anilines is 1. The molecule has 1 heterocycles. The van der Waals surface area contributed by atoms with E-state index in [9.17, 15) is 4.79 Å². The van der Waals surface area contributed by atoms with E-state index in [-0.39, 0.29) is 11.3 Å². The summed E-state index contributed by atoms with van der Waals surface area (Å²) in [6, 6.07) is 14.1. The predicted molar refractivity (Wildman–Crippen MR) is 87.0 cm³/mol. The Morgan fingerprint density at radius 2 is 1.86 bits per heavy atom. The predicted octanol–water partition coefficient (Wildman–Crippen LogP) is 4.55. The smallest absolute Gasteiger partial charge is 0.234 e. The van der Waals surface area contributed by atoms with E-state index in [2.05, 4.69) is 30.4 Å². The molecule has 0 saturated heterocycles. The maximum atomic E-state index is 12.0. The molecule has 0 fully saturated rings. The highest BCUT2D eigenvalue weighted by Crippen LogP contribution is 2.40. The van der Waals surface area contributed by atoms with Crippen molar-refractivity contribution in [1.82, 2.24) is 0 Å². The van der Waals surface area contributed by atoms with Crippen LogP contribution >= 0.6 is 11.6 Å². The van der Waals surface area contributed by atoms with Crippen LogP contribution in [0.5, 0.6) is 0 Å². The lowest BCUT2D eigenvalue weighted by Gasteiger charge is -2.18. The second kappa shape index (κ2) is 4.88. The summed E-state index contributed by atoms with van der Waals surface area (Å²) in [5.74, 6) is 0.0386. The van der Waals surface area contributed by atoms with E-state index in [1.165, 1.54) is 5.56 Å². The number of alkyl halides is 1. The molecule has 1 amide bonds. The minimum Gasteiger partial charge on any atom is -0.325 e. The summed E-state index contributed by atoms with van der Waals surface area (Å²) in [6.07, 6.45) is 0. The topological polar surface area (TPSA) is 29.1 Å². The van der Waals surface area contributed by atoms with E-state index >= 15 is 0 Å². The van der Waals surface area contributed by atoms with Crippen molar-refractivity contribution in [3.05, 3.63) is 64.7 Å². The Bertz CT molecular complexity index is 721. The number of hydrogen-bond acceptors (Lipinski definition) is 1. The molecule has 0 saturated carbocycles. The Kier molecular flexibility index (Phi) is 3.29. The largest absolute Gasteiger partial charge is 0.325 e. The van der Waals surface area contributed by atoms with E-state index < -0.39 is 5.41 Å². The van der Waals surface area contributed by atoms with Gasteiger partial charge in [-0.2, -0.15) is 0 Å². The molecule has 1 atom stereocenters. The number of carbonyl (C=O) groups is 1. The molecule has 2 aromatic rings. The van der Waals surface area contributed by atoms with Crippen LogP contribution in [0.4, 0.5) is 5.69 Å². The number of hydrogen-bond donors (Lipinski definition) is 1. The molecule has 0 radical (unpaired) electrons. The number of benzene rings is 2. The Morgan fingerprint density at radius 1 is 1.14 bits per heavy atom. The third kappa shape index (κ3) is 2.24. The van der Waals surface area contributed by atoms with Gasteiger partial charge < -0.3 is 5.32 Å². The van der Waals surface area contributed by atoms with Crippen LogP contribution in [-0.2, 0) is 10.2 Å². The molecule has 1 aliphatic rings. The first-order chi connectivity index (χ1) is 9.91. The van der Waals surface area contributed by atoms with Crippen LogP contribution in [0, 0.1) is 6.92 Å². The van der Waals surface area contributed by atoms with Crippen molar-refractivity contribution in [2.45, 2.75) is 31.6 Å².